The van der Waals surface area contributed by atoms with Gasteiger partial charge in [-0.05, 0) is 23.3 Å². The highest BCUT2D eigenvalue weighted by molar-refractivity contribution is 7.88. The van der Waals surface area contributed by atoms with Crippen molar-refractivity contribution < 1.29 is 31.5 Å². The first-order valence-corrected chi connectivity index (χ1v) is 12.0. The Kier molecular flexibility index (Phi) is 5.81. The van der Waals surface area contributed by atoms with Crippen molar-refractivity contribution in [3.05, 3.63) is 59.7 Å². The lowest BCUT2D eigenvalue weighted by Crippen LogP contribution is -2.64. The van der Waals surface area contributed by atoms with E-state index in [1.807, 2.05) is 0 Å². The average molecular weight is 468 g/mol. The summed E-state index contributed by atoms with van der Waals surface area (Å²) in [5.41, 5.74) is -2.36. The second-order valence-electron chi connectivity index (χ2n) is 8.38. The Morgan fingerprint density at radius 2 is 1.84 bits per heavy atom. The summed E-state index contributed by atoms with van der Waals surface area (Å²) in [6.07, 6.45) is 0.837. The van der Waals surface area contributed by atoms with Gasteiger partial charge >= 0.3 is 0 Å². The molecule has 4 rings (SSSR count). The van der Waals surface area contributed by atoms with Crippen LogP contribution in [0.25, 0.3) is 11.1 Å². The normalized spacial score (nSPS) is 27.2. The van der Waals surface area contributed by atoms with E-state index in [9.17, 15) is 27.1 Å². The number of likely N-dealkylation sites (tertiary alicyclic amines) is 1. The molecule has 0 aromatic heterocycles. The van der Waals surface area contributed by atoms with Crippen LogP contribution < -0.4 is 4.72 Å². The Morgan fingerprint density at radius 1 is 1.19 bits per heavy atom. The zero-order chi connectivity index (χ0) is 23.3. The maximum atomic E-state index is 15.9. The second kappa shape index (κ2) is 8.17. The number of nitrogens with one attached hydrogen (secondary N) is 1. The molecule has 1 amide bonds. The van der Waals surface area contributed by atoms with Crippen LogP contribution in [-0.4, -0.2) is 56.3 Å². The van der Waals surface area contributed by atoms with Crippen LogP contribution in [0.2, 0.25) is 0 Å². The number of hydrogen-bond donors (Lipinski definition) is 2. The number of hydrogen-bond acceptors (Lipinski definition) is 4. The Labute approximate surface area is 184 Å². The Morgan fingerprint density at radius 3 is 2.47 bits per heavy atom. The highest BCUT2D eigenvalue weighted by atomic mass is 32.2. The van der Waals surface area contributed by atoms with Gasteiger partial charge in [0.1, 0.15) is 17.3 Å². The molecule has 10 heteroatoms. The smallest absolute Gasteiger partial charge is 0.229 e. The van der Waals surface area contributed by atoms with Crippen molar-refractivity contribution in [3.63, 3.8) is 0 Å². The molecule has 0 bridgehead atoms. The lowest BCUT2D eigenvalue weighted by atomic mass is 9.88. The van der Waals surface area contributed by atoms with E-state index in [-0.39, 0.29) is 48.7 Å². The van der Waals surface area contributed by atoms with Crippen molar-refractivity contribution in [2.75, 3.05) is 26.0 Å². The summed E-state index contributed by atoms with van der Waals surface area (Å²) in [5.74, 6) is -3.55. The number of carbonyl (C=O) groups excluding carboxylic acids is 1. The first-order chi connectivity index (χ1) is 15.1. The fourth-order valence-electron chi connectivity index (χ4n) is 4.41. The predicted octanol–water partition coefficient (Wildman–Crippen LogP) is 2.19. The molecule has 2 N–H and O–H groups in total. The number of nitrogens with zero attached hydrogens (tertiary/aromatic N) is 1. The molecular weight excluding hydrogens is 445 g/mol. The zero-order valence-corrected chi connectivity index (χ0v) is 18.1. The first kappa shape index (κ1) is 22.8. The average Bonchev–Trinajstić information content (AvgIpc) is 3.40. The third-order valence-corrected chi connectivity index (χ3v) is 6.94. The molecule has 1 aliphatic heterocycles. The van der Waals surface area contributed by atoms with Crippen LogP contribution in [-0.2, 0) is 20.5 Å². The van der Waals surface area contributed by atoms with Crippen molar-refractivity contribution in [1.82, 2.24) is 9.62 Å². The first-order valence-electron chi connectivity index (χ1n) is 10.2. The number of carbonyl (C=O) groups is 1. The van der Waals surface area contributed by atoms with Gasteiger partial charge in [-0.1, -0.05) is 30.3 Å². The molecule has 1 saturated heterocycles. The van der Waals surface area contributed by atoms with Crippen LogP contribution in [0, 0.1) is 23.5 Å². The van der Waals surface area contributed by atoms with Gasteiger partial charge in [0.05, 0.1) is 23.8 Å². The summed E-state index contributed by atoms with van der Waals surface area (Å²) in [4.78, 5) is 14.4. The second-order valence-corrected chi connectivity index (χ2v) is 10.2. The summed E-state index contributed by atoms with van der Waals surface area (Å²) in [7, 11) is -3.51. The topological polar surface area (TPSA) is 86.7 Å². The SMILES string of the molecule is CS(=O)(=O)NC[C@H]1[C@H](CO)CN1C(=O)[C@@H]1C[C@@]1(F)c1ccccc1-c1c(F)cccc1F. The van der Waals surface area contributed by atoms with Crippen molar-refractivity contribution >= 4 is 15.9 Å². The fourth-order valence-corrected chi connectivity index (χ4v) is 4.88. The molecule has 1 aliphatic carbocycles. The van der Waals surface area contributed by atoms with Crippen LogP contribution in [0.4, 0.5) is 13.2 Å². The molecule has 0 radical (unpaired) electrons. The molecule has 0 spiro atoms. The molecule has 0 unspecified atom stereocenters. The fraction of sp³-hybridized carbons (Fsp3) is 0.409. The summed E-state index contributed by atoms with van der Waals surface area (Å²) < 4.78 is 69.8. The maximum Gasteiger partial charge on any atom is 0.229 e. The summed E-state index contributed by atoms with van der Waals surface area (Å²) in [6.45, 7) is -0.138. The van der Waals surface area contributed by atoms with E-state index in [2.05, 4.69) is 4.72 Å². The predicted molar refractivity (Wildman–Crippen MR) is 112 cm³/mol. The molecule has 2 aliphatic rings. The molecule has 4 atom stereocenters. The largest absolute Gasteiger partial charge is 0.396 e. The lowest BCUT2D eigenvalue weighted by Gasteiger charge is -2.47. The molecule has 1 heterocycles. The minimum Gasteiger partial charge on any atom is -0.396 e. The van der Waals surface area contributed by atoms with Gasteiger partial charge in [-0.25, -0.2) is 26.3 Å². The van der Waals surface area contributed by atoms with Crippen molar-refractivity contribution in [3.8, 4) is 11.1 Å². The van der Waals surface area contributed by atoms with Crippen molar-refractivity contribution in [2.45, 2.75) is 18.1 Å². The quantitative estimate of drug-likeness (QED) is 0.652. The molecule has 2 aromatic carbocycles. The van der Waals surface area contributed by atoms with Crippen LogP contribution in [0.5, 0.6) is 0 Å². The number of sulfonamides is 1. The van der Waals surface area contributed by atoms with Crippen molar-refractivity contribution in [2.24, 2.45) is 11.8 Å². The Balaban J connectivity index is 1.58. The van der Waals surface area contributed by atoms with Crippen LogP contribution >= 0.6 is 0 Å². The van der Waals surface area contributed by atoms with E-state index in [0.29, 0.717) is 0 Å². The zero-order valence-electron chi connectivity index (χ0n) is 17.3. The molecule has 2 fully saturated rings. The van der Waals surface area contributed by atoms with Gasteiger partial charge in [0.25, 0.3) is 0 Å². The Hall–Kier alpha value is -2.43. The van der Waals surface area contributed by atoms with Gasteiger partial charge in [-0.2, -0.15) is 0 Å². The number of aliphatic hydroxyl groups excluding tert-OH is 1. The van der Waals surface area contributed by atoms with Gasteiger partial charge in [0.15, 0.2) is 0 Å². The highest BCUT2D eigenvalue weighted by Gasteiger charge is 2.64. The van der Waals surface area contributed by atoms with Gasteiger partial charge in [0.2, 0.25) is 15.9 Å². The van der Waals surface area contributed by atoms with Crippen LogP contribution in [0.15, 0.2) is 42.5 Å². The minimum absolute atomic E-state index is 0.0346. The molecule has 32 heavy (non-hydrogen) atoms. The van der Waals surface area contributed by atoms with E-state index in [0.717, 1.165) is 18.4 Å². The van der Waals surface area contributed by atoms with Gasteiger partial charge in [-0.15, -0.1) is 0 Å². The number of halogens is 3. The third-order valence-electron chi connectivity index (χ3n) is 6.25. The summed E-state index contributed by atoms with van der Waals surface area (Å²) >= 11 is 0. The van der Waals surface area contributed by atoms with E-state index >= 15 is 4.39 Å². The summed E-state index contributed by atoms with van der Waals surface area (Å²) in [6, 6.07) is 8.73. The number of rotatable bonds is 7. The van der Waals surface area contributed by atoms with Gasteiger partial charge in [0, 0.05) is 32.0 Å². The van der Waals surface area contributed by atoms with E-state index in [1.54, 1.807) is 12.1 Å². The highest BCUT2D eigenvalue weighted by Crippen LogP contribution is 2.59. The van der Waals surface area contributed by atoms with Gasteiger partial charge in [-0.3, -0.25) is 4.79 Å². The number of benzene rings is 2. The molecular formula is C22H23F3N2O4S. The lowest BCUT2D eigenvalue weighted by molar-refractivity contribution is -0.147. The minimum atomic E-state index is -3.51. The van der Waals surface area contributed by atoms with Crippen LogP contribution in [0.1, 0.15) is 12.0 Å². The number of amides is 1. The van der Waals surface area contributed by atoms with E-state index in [4.69, 9.17) is 0 Å². The van der Waals surface area contributed by atoms with Crippen molar-refractivity contribution in [1.29, 1.82) is 0 Å². The van der Waals surface area contributed by atoms with E-state index in [1.165, 1.54) is 23.1 Å². The standard InChI is InChI=1S/C22H23F3N2O4S/c1-32(30,31)26-10-19-13(12-28)11-27(19)21(29)16-9-22(16,25)15-6-3-2-5-14(15)20-17(23)7-4-8-18(20)24/h2-8,13,16,19,26,28H,9-12H2,1H3/t13-,16-,19-,22+/m0/s1. The number of aliphatic hydroxyl groups is 1. The van der Waals surface area contributed by atoms with E-state index < -0.39 is 45.2 Å². The van der Waals surface area contributed by atoms with Crippen LogP contribution in [0.3, 0.4) is 0 Å². The monoisotopic (exact) mass is 468 g/mol. The molecule has 1 saturated carbocycles. The maximum absolute atomic E-state index is 15.9. The summed E-state index contributed by atoms with van der Waals surface area (Å²) in [5, 5.41) is 9.47. The molecule has 2 aromatic rings. The number of alkyl halides is 1. The van der Waals surface area contributed by atoms with Gasteiger partial charge < -0.3 is 10.0 Å². The Bertz CT molecular complexity index is 1140. The third kappa shape index (κ3) is 4.02. The molecule has 172 valence electrons. The molecule has 6 nitrogen and oxygen atoms in total.